The summed E-state index contributed by atoms with van der Waals surface area (Å²) in [6, 6.07) is 7.98. The van der Waals surface area contributed by atoms with Crippen molar-refractivity contribution < 1.29 is 4.79 Å². The second-order valence-electron chi connectivity index (χ2n) is 9.32. The first kappa shape index (κ1) is 24.5. The smallest absolute Gasteiger partial charge is 0.165 e. The lowest BCUT2D eigenvalue weighted by molar-refractivity contribution is -0.119. The minimum atomic E-state index is -0.203. The van der Waals surface area contributed by atoms with Gasteiger partial charge in [-0.15, -0.1) is 0 Å². The van der Waals surface area contributed by atoms with Crippen molar-refractivity contribution in [3.05, 3.63) is 70.4 Å². The molecule has 2 rings (SSSR count). The van der Waals surface area contributed by atoms with E-state index in [2.05, 4.69) is 65.6 Å². The fourth-order valence-electron chi connectivity index (χ4n) is 4.14. The van der Waals surface area contributed by atoms with E-state index in [-0.39, 0.29) is 17.2 Å². The van der Waals surface area contributed by atoms with E-state index in [0.717, 1.165) is 34.7 Å². The Morgan fingerprint density at radius 2 is 1.87 bits per heavy atom. The number of carbonyl (C=O) groups is 1. The van der Waals surface area contributed by atoms with Crippen molar-refractivity contribution in [2.45, 2.75) is 72.8 Å². The van der Waals surface area contributed by atoms with Gasteiger partial charge in [-0.1, -0.05) is 76.9 Å². The van der Waals surface area contributed by atoms with E-state index in [0.29, 0.717) is 11.8 Å². The number of hydrogen-bond acceptors (Lipinski definition) is 2. The largest absolute Gasteiger partial charge is 0.379 e. The molecule has 0 saturated carbocycles. The molecule has 0 radical (unpaired) electrons. The molecule has 1 heterocycles. The Kier molecular flexibility index (Phi) is 8.55. The van der Waals surface area contributed by atoms with Gasteiger partial charge in [-0.05, 0) is 61.4 Å². The van der Waals surface area contributed by atoms with Crippen LogP contribution in [0.1, 0.15) is 72.8 Å². The molecule has 4 atom stereocenters. The van der Waals surface area contributed by atoms with Crippen LogP contribution in [0.4, 0.5) is 0 Å². The van der Waals surface area contributed by atoms with Gasteiger partial charge in [0.05, 0.1) is 5.54 Å². The second-order valence-corrected chi connectivity index (χ2v) is 9.75. The molecule has 0 amide bonds. The molecule has 0 saturated heterocycles. The van der Waals surface area contributed by atoms with Crippen LogP contribution in [0, 0.1) is 17.8 Å². The number of hydrogen-bond donors (Lipinski definition) is 1. The normalized spacial score (nSPS) is 22.4. The number of benzene rings is 1. The van der Waals surface area contributed by atoms with Gasteiger partial charge in [0.15, 0.2) is 5.78 Å². The van der Waals surface area contributed by atoms with Crippen LogP contribution in [0.5, 0.6) is 0 Å². The topological polar surface area (TPSA) is 29.1 Å². The summed E-state index contributed by atoms with van der Waals surface area (Å²) in [5.74, 6) is 1.27. The van der Waals surface area contributed by atoms with Gasteiger partial charge in [0.2, 0.25) is 0 Å². The van der Waals surface area contributed by atoms with E-state index < -0.39 is 0 Å². The van der Waals surface area contributed by atoms with Crippen molar-refractivity contribution in [1.29, 1.82) is 0 Å². The van der Waals surface area contributed by atoms with Crippen molar-refractivity contribution in [2.24, 2.45) is 17.8 Å². The van der Waals surface area contributed by atoms with E-state index in [1.807, 2.05) is 18.2 Å². The molecule has 0 aliphatic carbocycles. The standard InChI is InChI=1S/C27H38ClNO/c1-8-18(3)10-11-19(4)20(5)26(30)22(9-2)16-23-17-27(7,29-21(23)6)24-12-14-25(28)15-13-24/h9,12-16,18-20,29H,2,8,10-11,17H2,1,3-7H3/b22-16+/t18-,19?,20?,27-/m1/s1. The highest BCUT2D eigenvalue weighted by Crippen LogP contribution is 2.37. The van der Waals surface area contributed by atoms with Gasteiger partial charge in [-0.3, -0.25) is 4.79 Å². The number of ketones is 1. The van der Waals surface area contributed by atoms with Gasteiger partial charge in [-0.2, -0.15) is 0 Å². The number of halogens is 1. The molecule has 1 aliphatic heterocycles. The summed E-state index contributed by atoms with van der Waals surface area (Å²) in [6.45, 7) is 17.0. The number of nitrogens with one attached hydrogen (secondary N) is 1. The Hall–Kier alpha value is -1.80. The number of rotatable bonds is 10. The zero-order valence-corrected chi connectivity index (χ0v) is 20.3. The maximum absolute atomic E-state index is 13.2. The zero-order valence-electron chi connectivity index (χ0n) is 19.5. The Morgan fingerprint density at radius 1 is 1.23 bits per heavy atom. The summed E-state index contributed by atoms with van der Waals surface area (Å²) in [5, 5.41) is 4.36. The molecule has 164 valence electrons. The van der Waals surface area contributed by atoms with Gasteiger partial charge in [0, 0.05) is 28.6 Å². The summed E-state index contributed by atoms with van der Waals surface area (Å²) in [7, 11) is 0. The van der Waals surface area contributed by atoms with E-state index in [1.54, 1.807) is 6.08 Å². The van der Waals surface area contributed by atoms with Gasteiger partial charge in [0.1, 0.15) is 0 Å². The quantitative estimate of drug-likeness (QED) is 0.307. The average molecular weight is 428 g/mol. The number of allylic oxidation sites excluding steroid dienone is 4. The molecule has 1 N–H and O–H groups in total. The fraction of sp³-hybridized carbons (Fsp3) is 0.519. The minimum absolute atomic E-state index is 0.00350. The first-order chi connectivity index (χ1) is 14.1. The summed E-state index contributed by atoms with van der Waals surface area (Å²) in [4.78, 5) is 13.2. The van der Waals surface area contributed by atoms with Crippen LogP contribution in [0.2, 0.25) is 5.02 Å². The van der Waals surface area contributed by atoms with E-state index >= 15 is 0 Å². The predicted octanol–water partition coefficient (Wildman–Crippen LogP) is 7.60. The van der Waals surface area contributed by atoms with Crippen molar-refractivity contribution >= 4 is 17.4 Å². The van der Waals surface area contributed by atoms with Gasteiger partial charge >= 0.3 is 0 Å². The molecule has 1 aromatic rings. The number of carbonyl (C=O) groups excluding carboxylic acids is 1. The van der Waals surface area contributed by atoms with Crippen molar-refractivity contribution in [2.75, 3.05) is 0 Å². The molecule has 3 heteroatoms. The first-order valence-corrected chi connectivity index (χ1v) is 11.6. The Morgan fingerprint density at radius 3 is 2.43 bits per heavy atom. The third-order valence-corrected chi connectivity index (χ3v) is 7.14. The van der Waals surface area contributed by atoms with Crippen LogP contribution < -0.4 is 5.32 Å². The lowest BCUT2D eigenvalue weighted by atomic mass is 9.82. The molecule has 1 aromatic carbocycles. The van der Waals surface area contributed by atoms with E-state index in [4.69, 9.17) is 11.6 Å². The Balaban J connectivity index is 2.14. The van der Waals surface area contributed by atoms with Gasteiger partial charge in [-0.25, -0.2) is 0 Å². The molecular formula is C27H38ClNO. The lowest BCUT2D eigenvalue weighted by Crippen LogP contribution is -2.33. The highest BCUT2D eigenvalue weighted by Gasteiger charge is 2.34. The number of Topliss-reactive ketones (excluding diaryl/α,β-unsaturated/α-hetero) is 1. The third-order valence-electron chi connectivity index (χ3n) is 6.88. The molecule has 0 fully saturated rings. The monoisotopic (exact) mass is 427 g/mol. The molecule has 30 heavy (non-hydrogen) atoms. The molecule has 2 unspecified atom stereocenters. The van der Waals surface area contributed by atoms with Crippen molar-refractivity contribution in [1.82, 2.24) is 5.32 Å². The third kappa shape index (κ3) is 5.88. The highest BCUT2D eigenvalue weighted by molar-refractivity contribution is 6.30. The molecule has 0 bridgehead atoms. The SMILES string of the molecule is C=C/C(=C\C1=C(C)N[C@@](C)(c2ccc(Cl)cc2)C1)C(=O)C(C)C(C)CC[C@H](C)CC. The van der Waals surface area contributed by atoms with Crippen LogP contribution in [0.15, 0.2) is 59.8 Å². The average Bonchev–Trinajstić information content (AvgIpc) is 3.03. The highest BCUT2D eigenvalue weighted by atomic mass is 35.5. The fourth-order valence-corrected chi connectivity index (χ4v) is 4.27. The molecule has 2 nitrogen and oxygen atoms in total. The summed E-state index contributed by atoms with van der Waals surface area (Å²) >= 11 is 6.06. The predicted molar refractivity (Wildman–Crippen MR) is 130 cm³/mol. The summed E-state index contributed by atoms with van der Waals surface area (Å²) in [5.41, 5.74) is 3.97. The van der Waals surface area contributed by atoms with E-state index in [9.17, 15) is 4.79 Å². The molecule has 0 spiro atoms. The zero-order chi connectivity index (χ0) is 22.5. The summed E-state index contributed by atoms with van der Waals surface area (Å²) in [6.07, 6.45) is 8.04. The van der Waals surface area contributed by atoms with Crippen molar-refractivity contribution in [3.8, 4) is 0 Å². The second kappa shape index (κ2) is 10.5. The first-order valence-electron chi connectivity index (χ1n) is 11.2. The minimum Gasteiger partial charge on any atom is -0.379 e. The maximum Gasteiger partial charge on any atom is 0.165 e. The molecule has 0 aromatic heterocycles. The van der Waals surface area contributed by atoms with Crippen LogP contribution in [-0.4, -0.2) is 5.78 Å². The van der Waals surface area contributed by atoms with Crippen LogP contribution in [0.25, 0.3) is 0 Å². The molecule has 1 aliphatic rings. The Labute approximate surface area is 188 Å². The lowest BCUT2D eigenvalue weighted by Gasteiger charge is -2.27. The van der Waals surface area contributed by atoms with Crippen molar-refractivity contribution in [3.63, 3.8) is 0 Å². The van der Waals surface area contributed by atoms with Crippen LogP contribution in [-0.2, 0) is 10.3 Å². The van der Waals surface area contributed by atoms with E-state index in [1.165, 1.54) is 18.4 Å². The van der Waals surface area contributed by atoms with Gasteiger partial charge < -0.3 is 5.32 Å². The van der Waals surface area contributed by atoms with Crippen LogP contribution >= 0.6 is 11.6 Å². The summed E-state index contributed by atoms with van der Waals surface area (Å²) < 4.78 is 0. The van der Waals surface area contributed by atoms with Crippen LogP contribution in [0.3, 0.4) is 0 Å². The Bertz CT molecular complexity index is 820. The maximum atomic E-state index is 13.2. The molecular weight excluding hydrogens is 390 g/mol. The van der Waals surface area contributed by atoms with Gasteiger partial charge in [0.25, 0.3) is 0 Å².